The van der Waals surface area contributed by atoms with Crippen molar-refractivity contribution in [3.63, 3.8) is 0 Å². The minimum atomic E-state index is -4.44. The molecule has 1 aliphatic rings. The van der Waals surface area contributed by atoms with Crippen LogP contribution in [0.15, 0.2) is 72.2 Å². The van der Waals surface area contributed by atoms with E-state index in [9.17, 15) is 18.0 Å². The lowest BCUT2D eigenvalue weighted by atomic mass is 9.94. The van der Waals surface area contributed by atoms with Crippen molar-refractivity contribution in [3.8, 4) is 0 Å². The number of nitrogens with one attached hydrogen (secondary N) is 3. The molecule has 1 amide bonds. The number of hydrogen-bond donors (Lipinski definition) is 3. The summed E-state index contributed by atoms with van der Waals surface area (Å²) < 4.78 is 40.7. The summed E-state index contributed by atoms with van der Waals surface area (Å²) in [7, 11) is 0. The summed E-state index contributed by atoms with van der Waals surface area (Å²) in [5.41, 5.74) is 2.11. The number of hydrogen-bond acceptors (Lipinski definition) is 4. The molecule has 3 N–H and O–H groups in total. The summed E-state index contributed by atoms with van der Waals surface area (Å²) in [6.07, 6.45) is -1.22. The molecule has 32 heavy (non-hydrogen) atoms. The van der Waals surface area contributed by atoms with Crippen molar-refractivity contribution in [2.45, 2.75) is 19.1 Å². The van der Waals surface area contributed by atoms with Crippen molar-refractivity contribution in [2.75, 3.05) is 10.6 Å². The molecule has 3 heterocycles. The van der Waals surface area contributed by atoms with Crippen LogP contribution < -0.4 is 10.6 Å². The monoisotopic (exact) mass is 438 g/mol. The van der Waals surface area contributed by atoms with Crippen LogP contribution in [-0.4, -0.2) is 25.9 Å². The third kappa shape index (κ3) is 3.39. The third-order valence-corrected chi connectivity index (χ3v) is 5.40. The lowest BCUT2D eigenvalue weighted by Crippen LogP contribution is -2.31. The van der Waals surface area contributed by atoms with E-state index < -0.39 is 17.8 Å². The maximum atomic E-state index is 13.3. The van der Waals surface area contributed by atoms with Crippen LogP contribution in [0.1, 0.15) is 24.1 Å². The van der Waals surface area contributed by atoms with Crippen LogP contribution >= 0.6 is 0 Å². The SMILES string of the molecule is CC1=C(C(=O)Nc2ccc3[nH]ncc3c2)C(c2ccc(C(F)(F)F)cc2)n2nccc2N1. The number of alkyl halides is 3. The first kappa shape index (κ1) is 19.9. The molecule has 0 spiro atoms. The molecule has 7 nitrogen and oxygen atoms in total. The number of aromatic nitrogens is 4. The third-order valence-electron chi connectivity index (χ3n) is 5.40. The van der Waals surface area contributed by atoms with Crippen molar-refractivity contribution in [1.29, 1.82) is 0 Å². The molecule has 4 aromatic rings. The molecule has 0 radical (unpaired) electrons. The van der Waals surface area contributed by atoms with Gasteiger partial charge in [-0.15, -0.1) is 0 Å². The predicted molar refractivity (Wildman–Crippen MR) is 113 cm³/mol. The number of rotatable bonds is 3. The van der Waals surface area contributed by atoms with Gasteiger partial charge in [0.25, 0.3) is 5.91 Å². The number of carbonyl (C=O) groups excluding carboxylic acids is 1. The van der Waals surface area contributed by atoms with Crippen LogP contribution in [0.3, 0.4) is 0 Å². The first-order chi connectivity index (χ1) is 15.3. The fourth-order valence-electron chi connectivity index (χ4n) is 3.88. The smallest absolute Gasteiger partial charge is 0.344 e. The van der Waals surface area contributed by atoms with Crippen molar-refractivity contribution >= 4 is 28.3 Å². The molecule has 5 rings (SSSR count). The first-order valence-corrected chi connectivity index (χ1v) is 9.74. The molecule has 1 aliphatic heterocycles. The quantitative estimate of drug-likeness (QED) is 0.433. The number of carbonyl (C=O) groups is 1. The Labute approximate surface area is 179 Å². The van der Waals surface area contributed by atoms with Crippen LogP contribution in [0.4, 0.5) is 24.7 Å². The molecule has 162 valence electrons. The van der Waals surface area contributed by atoms with Crippen molar-refractivity contribution in [3.05, 3.63) is 83.3 Å². The second-order valence-corrected chi connectivity index (χ2v) is 7.47. The van der Waals surface area contributed by atoms with Crippen molar-refractivity contribution in [1.82, 2.24) is 20.0 Å². The predicted octanol–water partition coefficient (Wildman–Crippen LogP) is 4.71. The number of anilines is 2. The molecule has 1 unspecified atom stereocenters. The molecule has 2 aromatic carbocycles. The number of H-pyrrole nitrogens is 1. The minimum Gasteiger partial charge on any atom is -0.344 e. The second-order valence-electron chi connectivity index (χ2n) is 7.47. The Morgan fingerprint density at radius 2 is 1.91 bits per heavy atom. The standard InChI is InChI=1S/C22H17F3N6O/c1-12-19(21(32)29-16-6-7-17-14(10-16)11-26-30-17)20(31-18(28-12)8-9-27-31)13-2-4-15(5-3-13)22(23,24)25/h2-11,20,28H,1H3,(H,26,30)(H,29,32). The van der Waals surface area contributed by atoms with E-state index in [1.54, 1.807) is 48.3 Å². The van der Waals surface area contributed by atoms with Gasteiger partial charge in [0.05, 0.1) is 29.0 Å². The molecular formula is C22H17F3N6O. The fourth-order valence-corrected chi connectivity index (χ4v) is 3.88. The lowest BCUT2D eigenvalue weighted by molar-refractivity contribution is -0.137. The average Bonchev–Trinajstić information content (AvgIpc) is 3.40. The van der Waals surface area contributed by atoms with Gasteiger partial charge >= 0.3 is 6.18 Å². The number of allylic oxidation sites excluding steroid dienone is 1. The maximum absolute atomic E-state index is 13.3. The van der Waals surface area contributed by atoms with Gasteiger partial charge in [0.15, 0.2) is 0 Å². The Kier molecular flexibility index (Phi) is 4.50. The largest absolute Gasteiger partial charge is 0.416 e. The number of halogens is 3. The molecule has 2 aromatic heterocycles. The summed E-state index contributed by atoms with van der Waals surface area (Å²) >= 11 is 0. The molecule has 0 fully saturated rings. The van der Waals surface area contributed by atoms with E-state index in [-0.39, 0.29) is 5.91 Å². The molecule has 0 saturated heterocycles. The molecule has 0 aliphatic carbocycles. The van der Waals surface area contributed by atoms with Crippen molar-refractivity contribution < 1.29 is 18.0 Å². The van der Waals surface area contributed by atoms with Gasteiger partial charge in [0.1, 0.15) is 11.9 Å². The highest BCUT2D eigenvalue weighted by atomic mass is 19.4. The van der Waals surface area contributed by atoms with E-state index in [1.807, 2.05) is 0 Å². The Morgan fingerprint density at radius 1 is 1.12 bits per heavy atom. The number of aromatic amines is 1. The highest BCUT2D eigenvalue weighted by Crippen LogP contribution is 2.37. The van der Waals surface area contributed by atoms with Gasteiger partial charge < -0.3 is 10.6 Å². The van der Waals surface area contributed by atoms with Crippen LogP contribution in [0.25, 0.3) is 10.9 Å². The molecule has 0 bridgehead atoms. The normalized spacial score (nSPS) is 16.1. The van der Waals surface area contributed by atoms with Gasteiger partial charge in [-0.2, -0.15) is 23.4 Å². The highest BCUT2D eigenvalue weighted by molar-refractivity contribution is 6.06. The van der Waals surface area contributed by atoms with Crippen molar-refractivity contribution in [2.24, 2.45) is 0 Å². The molecular weight excluding hydrogens is 421 g/mol. The number of nitrogens with zero attached hydrogens (tertiary/aromatic N) is 3. The second kappa shape index (κ2) is 7.26. The Bertz CT molecular complexity index is 1350. The summed E-state index contributed by atoms with van der Waals surface area (Å²) in [5.74, 6) is 0.257. The van der Waals surface area contributed by atoms with E-state index in [0.29, 0.717) is 28.3 Å². The number of benzene rings is 2. The maximum Gasteiger partial charge on any atom is 0.416 e. The summed E-state index contributed by atoms with van der Waals surface area (Å²) in [6.45, 7) is 1.75. The molecule has 10 heteroatoms. The first-order valence-electron chi connectivity index (χ1n) is 9.74. The van der Waals surface area contributed by atoms with Gasteiger partial charge in [0, 0.05) is 22.8 Å². The molecule has 1 atom stereocenters. The highest BCUT2D eigenvalue weighted by Gasteiger charge is 2.34. The summed E-state index contributed by atoms with van der Waals surface area (Å²) in [4.78, 5) is 13.3. The number of fused-ring (bicyclic) bond motifs is 2. The van der Waals surface area contributed by atoms with E-state index in [0.717, 1.165) is 23.0 Å². The Morgan fingerprint density at radius 3 is 2.66 bits per heavy atom. The van der Waals surface area contributed by atoms with Gasteiger partial charge in [0.2, 0.25) is 0 Å². The lowest BCUT2D eigenvalue weighted by Gasteiger charge is -2.30. The van der Waals surface area contributed by atoms with E-state index in [1.165, 1.54) is 12.1 Å². The Hall–Kier alpha value is -4.08. The zero-order valence-electron chi connectivity index (χ0n) is 16.7. The van der Waals surface area contributed by atoms with Gasteiger partial charge in [-0.25, -0.2) is 4.68 Å². The van der Waals surface area contributed by atoms with E-state index >= 15 is 0 Å². The zero-order chi connectivity index (χ0) is 22.5. The zero-order valence-corrected chi connectivity index (χ0v) is 16.7. The molecule has 0 saturated carbocycles. The summed E-state index contributed by atoms with van der Waals surface area (Å²) in [6, 6.07) is 11.2. The van der Waals surface area contributed by atoms with Crippen LogP contribution in [-0.2, 0) is 11.0 Å². The topological polar surface area (TPSA) is 87.6 Å². The van der Waals surface area contributed by atoms with Crippen LogP contribution in [0.5, 0.6) is 0 Å². The average molecular weight is 438 g/mol. The van der Waals surface area contributed by atoms with Gasteiger partial charge in [-0.3, -0.25) is 9.89 Å². The van der Waals surface area contributed by atoms with Crippen LogP contribution in [0, 0.1) is 0 Å². The van der Waals surface area contributed by atoms with Gasteiger partial charge in [-0.05, 0) is 42.8 Å². The van der Waals surface area contributed by atoms with E-state index in [4.69, 9.17) is 0 Å². The number of amides is 1. The fraction of sp³-hybridized carbons (Fsp3) is 0.136. The van der Waals surface area contributed by atoms with Crippen LogP contribution in [0.2, 0.25) is 0 Å². The summed E-state index contributed by atoms with van der Waals surface area (Å²) in [5, 5.41) is 18.0. The minimum absolute atomic E-state index is 0.355. The Balaban J connectivity index is 1.53. The van der Waals surface area contributed by atoms with E-state index in [2.05, 4.69) is 25.9 Å². The van der Waals surface area contributed by atoms with Gasteiger partial charge in [-0.1, -0.05) is 12.1 Å².